The molecule has 1 aliphatic carbocycles. The summed E-state index contributed by atoms with van der Waals surface area (Å²) in [4.78, 5) is 2.54. The van der Waals surface area contributed by atoms with Gasteiger partial charge in [-0.05, 0) is 51.1 Å². The molecule has 0 aromatic rings. The summed E-state index contributed by atoms with van der Waals surface area (Å²) in [5, 5.41) is 0. The Morgan fingerprint density at radius 3 is 2.71 bits per heavy atom. The third-order valence-corrected chi connectivity index (χ3v) is 4.66. The highest BCUT2D eigenvalue weighted by atomic mass is 15.1. The highest BCUT2D eigenvalue weighted by Crippen LogP contribution is 2.39. The molecule has 0 bridgehead atoms. The van der Waals surface area contributed by atoms with Gasteiger partial charge in [0.15, 0.2) is 0 Å². The van der Waals surface area contributed by atoms with Gasteiger partial charge in [0, 0.05) is 12.6 Å². The molecule has 1 fully saturated rings. The van der Waals surface area contributed by atoms with Crippen molar-refractivity contribution in [3.63, 3.8) is 0 Å². The van der Waals surface area contributed by atoms with E-state index >= 15 is 0 Å². The Balaban J connectivity index is 2.55. The lowest BCUT2D eigenvalue weighted by molar-refractivity contribution is 0.0817. The fraction of sp³-hybridized carbons (Fsp3) is 1.00. The maximum Gasteiger partial charge on any atom is 0.00640 e. The van der Waals surface area contributed by atoms with Gasteiger partial charge in [-0.25, -0.2) is 0 Å². The molecule has 1 aliphatic rings. The molecule has 17 heavy (non-hydrogen) atoms. The minimum Gasteiger partial charge on any atom is -0.330 e. The summed E-state index contributed by atoms with van der Waals surface area (Å²) in [6.45, 7) is 9.06. The summed E-state index contributed by atoms with van der Waals surface area (Å²) in [6, 6.07) is 0.695. The first-order valence-electron chi connectivity index (χ1n) is 7.43. The number of rotatable bonds is 6. The second kappa shape index (κ2) is 6.75. The maximum atomic E-state index is 6.10. The van der Waals surface area contributed by atoms with Crippen LogP contribution < -0.4 is 5.73 Å². The molecule has 1 saturated carbocycles. The zero-order valence-corrected chi connectivity index (χ0v) is 12.3. The molecule has 0 amide bonds. The molecule has 3 atom stereocenters. The molecular weight excluding hydrogens is 208 g/mol. The van der Waals surface area contributed by atoms with Gasteiger partial charge in [0.25, 0.3) is 0 Å². The monoisotopic (exact) mass is 240 g/mol. The number of hydrogen-bond donors (Lipinski definition) is 1. The van der Waals surface area contributed by atoms with Crippen molar-refractivity contribution in [3.8, 4) is 0 Å². The van der Waals surface area contributed by atoms with Gasteiger partial charge in [0.1, 0.15) is 0 Å². The SMILES string of the molecule is CCCC(C)N(C)CC1(CN)CCCC(C)C1. The largest absolute Gasteiger partial charge is 0.330 e. The fourth-order valence-corrected chi connectivity index (χ4v) is 3.49. The topological polar surface area (TPSA) is 29.3 Å². The molecule has 0 radical (unpaired) electrons. The lowest BCUT2D eigenvalue weighted by Crippen LogP contribution is -2.46. The van der Waals surface area contributed by atoms with E-state index in [9.17, 15) is 0 Å². The van der Waals surface area contributed by atoms with Gasteiger partial charge in [-0.1, -0.05) is 33.1 Å². The van der Waals surface area contributed by atoms with Crippen molar-refractivity contribution in [3.05, 3.63) is 0 Å². The second-order valence-electron chi connectivity index (χ2n) is 6.46. The average molecular weight is 240 g/mol. The van der Waals surface area contributed by atoms with Gasteiger partial charge >= 0.3 is 0 Å². The van der Waals surface area contributed by atoms with E-state index in [1.807, 2.05) is 0 Å². The molecule has 0 aliphatic heterocycles. The second-order valence-corrected chi connectivity index (χ2v) is 6.46. The lowest BCUT2D eigenvalue weighted by Gasteiger charge is -2.43. The number of nitrogens with zero attached hydrogens (tertiary/aromatic N) is 1. The molecular formula is C15H32N2. The maximum absolute atomic E-state index is 6.10. The van der Waals surface area contributed by atoms with E-state index in [-0.39, 0.29) is 0 Å². The van der Waals surface area contributed by atoms with Gasteiger partial charge < -0.3 is 10.6 Å². The molecule has 102 valence electrons. The zero-order chi connectivity index (χ0) is 12.9. The zero-order valence-electron chi connectivity index (χ0n) is 12.3. The molecule has 1 rings (SSSR count). The molecule has 2 N–H and O–H groups in total. The van der Waals surface area contributed by atoms with Crippen molar-refractivity contribution in [2.75, 3.05) is 20.1 Å². The van der Waals surface area contributed by atoms with Crippen molar-refractivity contribution >= 4 is 0 Å². The van der Waals surface area contributed by atoms with Gasteiger partial charge in [0.05, 0.1) is 0 Å². The van der Waals surface area contributed by atoms with E-state index in [4.69, 9.17) is 5.73 Å². The standard InChI is InChI=1S/C15H32N2/c1-5-7-14(3)17(4)12-15(11-16)9-6-8-13(2)10-15/h13-14H,5-12,16H2,1-4H3. The molecule has 3 unspecified atom stereocenters. The number of nitrogens with two attached hydrogens (primary N) is 1. The summed E-state index contributed by atoms with van der Waals surface area (Å²) < 4.78 is 0. The molecule has 0 spiro atoms. The summed E-state index contributed by atoms with van der Waals surface area (Å²) in [7, 11) is 2.27. The first-order valence-corrected chi connectivity index (χ1v) is 7.43. The van der Waals surface area contributed by atoms with Crippen LogP contribution in [0.15, 0.2) is 0 Å². The van der Waals surface area contributed by atoms with Gasteiger partial charge in [-0.15, -0.1) is 0 Å². The van der Waals surface area contributed by atoms with E-state index in [1.165, 1.54) is 45.1 Å². The Morgan fingerprint density at radius 2 is 2.18 bits per heavy atom. The first-order chi connectivity index (χ1) is 8.03. The van der Waals surface area contributed by atoms with Gasteiger partial charge in [-0.2, -0.15) is 0 Å². The van der Waals surface area contributed by atoms with Crippen molar-refractivity contribution in [1.82, 2.24) is 4.90 Å². The Kier molecular flexibility index (Phi) is 5.94. The Morgan fingerprint density at radius 1 is 1.47 bits per heavy atom. The summed E-state index contributed by atoms with van der Waals surface area (Å²) >= 11 is 0. The van der Waals surface area contributed by atoms with Crippen LogP contribution in [0.25, 0.3) is 0 Å². The predicted octanol–water partition coefficient (Wildman–Crippen LogP) is 3.26. The predicted molar refractivity (Wildman–Crippen MR) is 76.1 cm³/mol. The Hall–Kier alpha value is -0.0800. The smallest absolute Gasteiger partial charge is 0.00640 e. The fourth-order valence-electron chi connectivity index (χ4n) is 3.49. The number of hydrogen-bond acceptors (Lipinski definition) is 2. The van der Waals surface area contributed by atoms with Crippen LogP contribution in [0, 0.1) is 11.3 Å². The van der Waals surface area contributed by atoms with Crippen LogP contribution in [0.2, 0.25) is 0 Å². The van der Waals surface area contributed by atoms with E-state index in [1.54, 1.807) is 0 Å². The molecule has 0 saturated heterocycles. The molecule has 0 heterocycles. The average Bonchev–Trinajstić information content (AvgIpc) is 2.29. The summed E-state index contributed by atoms with van der Waals surface area (Å²) in [5.74, 6) is 0.863. The van der Waals surface area contributed by atoms with Crippen LogP contribution in [0.3, 0.4) is 0 Å². The molecule has 2 nitrogen and oxygen atoms in total. The first kappa shape index (κ1) is 15.0. The van der Waals surface area contributed by atoms with Crippen molar-refractivity contribution in [1.29, 1.82) is 0 Å². The van der Waals surface area contributed by atoms with Crippen LogP contribution in [0.1, 0.15) is 59.3 Å². The summed E-state index contributed by atoms with van der Waals surface area (Å²) in [6.07, 6.45) is 8.00. The van der Waals surface area contributed by atoms with E-state index in [2.05, 4.69) is 32.7 Å². The quantitative estimate of drug-likeness (QED) is 0.772. The van der Waals surface area contributed by atoms with Gasteiger partial charge in [-0.3, -0.25) is 0 Å². The molecule has 2 heteroatoms. The summed E-state index contributed by atoms with van der Waals surface area (Å²) in [5.41, 5.74) is 6.49. The van der Waals surface area contributed by atoms with Crippen molar-refractivity contribution in [2.24, 2.45) is 17.1 Å². The minimum atomic E-state index is 0.397. The third kappa shape index (κ3) is 4.26. The van der Waals surface area contributed by atoms with Crippen molar-refractivity contribution in [2.45, 2.75) is 65.3 Å². The molecule has 0 aromatic heterocycles. The van der Waals surface area contributed by atoms with E-state index in [0.717, 1.165) is 12.5 Å². The van der Waals surface area contributed by atoms with Crippen molar-refractivity contribution < 1.29 is 0 Å². The molecule has 0 aromatic carbocycles. The normalized spacial score (nSPS) is 31.8. The lowest BCUT2D eigenvalue weighted by atomic mass is 9.69. The van der Waals surface area contributed by atoms with Crippen LogP contribution in [0.4, 0.5) is 0 Å². The highest BCUT2D eigenvalue weighted by molar-refractivity contribution is 4.89. The van der Waals surface area contributed by atoms with Gasteiger partial charge in [0.2, 0.25) is 0 Å². The van der Waals surface area contributed by atoms with Crippen LogP contribution in [0.5, 0.6) is 0 Å². The third-order valence-electron chi connectivity index (χ3n) is 4.66. The minimum absolute atomic E-state index is 0.397. The van der Waals surface area contributed by atoms with E-state index < -0.39 is 0 Å². The van der Waals surface area contributed by atoms with Crippen LogP contribution in [-0.2, 0) is 0 Å². The van der Waals surface area contributed by atoms with E-state index in [0.29, 0.717) is 11.5 Å². The Labute approximate surface area is 108 Å². The van der Waals surface area contributed by atoms with Crippen LogP contribution in [-0.4, -0.2) is 31.1 Å². The van der Waals surface area contributed by atoms with Crippen LogP contribution >= 0.6 is 0 Å². The Bertz CT molecular complexity index is 217. The highest BCUT2D eigenvalue weighted by Gasteiger charge is 2.35.